The van der Waals surface area contributed by atoms with Crippen LogP contribution in [0.5, 0.6) is 5.75 Å². The first-order chi connectivity index (χ1) is 14.1. The Labute approximate surface area is 180 Å². The average molecular weight is 433 g/mol. The molecular formula is C23H32N2O4S. The van der Waals surface area contributed by atoms with Gasteiger partial charge in [0.15, 0.2) is 0 Å². The van der Waals surface area contributed by atoms with E-state index in [9.17, 15) is 13.2 Å². The van der Waals surface area contributed by atoms with Gasteiger partial charge in [-0.2, -0.15) is 0 Å². The normalized spacial score (nSPS) is 13.4. The predicted molar refractivity (Wildman–Crippen MR) is 121 cm³/mol. The van der Waals surface area contributed by atoms with Crippen LogP contribution in [-0.4, -0.2) is 33.2 Å². The molecule has 0 saturated carbocycles. The first kappa shape index (κ1) is 23.7. The van der Waals surface area contributed by atoms with Crippen LogP contribution in [0.3, 0.4) is 0 Å². The van der Waals surface area contributed by atoms with Crippen molar-refractivity contribution in [2.45, 2.75) is 53.1 Å². The third kappa shape index (κ3) is 5.75. The Morgan fingerprint density at radius 3 is 2.27 bits per heavy atom. The Kier molecular flexibility index (Phi) is 7.89. The van der Waals surface area contributed by atoms with Crippen molar-refractivity contribution in [1.29, 1.82) is 0 Å². The smallest absolute Gasteiger partial charge is 0.244 e. The lowest BCUT2D eigenvalue weighted by Crippen LogP contribution is -2.49. The fraction of sp³-hybridized carbons (Fsp3) is 0.435. The van der Waals surface area contributed by atoms with E-state index in [0.29, 0.717) is 24.5 Å². The predicted octanol–water partition coefficient (Wildman–Crippen LogP) is 4.12. The number of ether oxygens (including phenoxy) is 1. The van der Waals surface area contributed by atoms with Crippen LogP contribution in [-0.2, 0) is 14.8 Å². The molecule has 30 heavy (non-hydrogen) atoms. The van der Waals surface area contributed by atoms with Crippen molar-refractivity contribution in [1.82, 2.24) is 5.32 Å². The summed E-state index contributed by atoms with van der Waals surface area (Å²) in [5.41, 5.74) is 3.64. The molecule has 0 aliphatic rings. The molecule has 0 radical (unpaired) electrons. The summed E-state index contributed by atoms with van der Waals surface area (Å²) in [5.74, 6) is 0.320. The Balaban J connectivity index is 2.32. The number of anilines is 1. The van der Waals surface area contributed by atoms with Crippen LogP contribution >= 0.6 is 0 Å². The van der Waals surface area contributed by atoms with Gasteiger partial charge in [0, 0.05) is 0 Å². The molecule has 1 amide bonds. The average Bonchev–Trinajstić information content (AvgIpc) is 2.67. The van der Waals surface area contributed by atoms with Crippen molar-refractivity contribution < 1.29 is 17.9 Å². The molecule has 0 fully saturated rings. The van der Waals surface area contributed by atoms with Gasteiger partial charge in [-0.25, -0.2) is 8.42 Å². The van der Waals surface area contributed by atoms with E-state index in [1.165, 1.54) is 4.31 Å². The number of hydrogen-bond acceptors (Lipinski definition) is 4. The molecule has 0 aliphatic carbocycles. The molecule has 7 heteroatoms. The zero-order chi connectivity index (χ0) is 22.5. The number of nitrogens with zero attached hydrogens (tertiary/aromatic N) is 1. The number of amides is 1. The number of carbonyl (C=O) groups is 1. The van der Waals surface area contributed by atoms with Crippen molar-refractivity contribution in [3.8, 4) is 5.75 Å². The van der Waals surface area contributed by atoms with E-state index in [2.05, 4.69) is 5.32 Å². The topological polar surface area (TPSA) is 75.7 Å². The molecule has 0 aliphatic heterocycles. The Hall–Kier alpha value is -2.54. The molecule has 0 spiro atoms. The fourth-order valence-electron chi connectivity index (χ4n) is 3.53. The molecule has 2 aromatic carbocycles. The number of sulfonamides is 1. The van der Waals surface area contributed by atoms with Crippen LogP contribution in [0.4, 0.5) is 5.69 Å². The zero-order valence-electron chi connectivity index (χ0n) is 18.6. The Morgan fingerprint density at radius 1 is 1.10 bits per heavy atom. The van der Waals surface area contributed by atoms with Gasteiger partial charge in [0.25, 0.3) is 0 Å². The highest BCUT2D eigenvalue weighted by molar-refractivity contribution is 7.92. The van der Waals surface area contributed by atoms with Gasteiger partial charge in [0.05, 0.1) is 24.6 Å². The fourth-order valence-corrected chi connectivity index (χ4v) is 4.74. The molecule has 164 valence electrons. The van der Waals surface area contributed by atoms with E-state index >= 15 is 0 Å². The first-order valence-corrected chi connectivity index (χ1v) is 12.0. The van der Waals surface area contributed by atoms with Gasteiger partial charge < -0.3 is 10.1 Å². The summed E-state index contributed by atoms with van der Waals surface area (Å²) in [5, 5.41) is 3.00. The molecular weight excluding hydrogens is 400 g/mol. The zero-order valence-corrected chi connectivity index (χ0v) is 19.4. The van der Waals surface area contributed by atoms with Crippen LogP contribution in [0.25, 0.3) is 0 Å². The van der Waals surface area contributed by atoms with Gasteiger partial charge >= 0.3 is 0 Å². The molecule has 0 unspecified atom stereocenters. The monoisotopic (exact) mass is 432 g/mol. The summed E-state index contributed by atoms with van der Waals surface area (Å²) in [4.78, 5) is 13.1. The maximum absolute atomic E-state index is 13.1. The number of nitrogens with one attached hydrogen (secondary N) is 1. The Morgan fingerprint density at radius 2 is 1.73 bits per heavy atom. The summed E-state index contributed by atoms with van der Waals surface area (Å²) in [6.07, 6.45) is 1.46. The second-order valence-electron chi connectivity index (χ2n) is 7.50. The summed E-state index contributed by atoms with van der Waals surface area (Å²) < 4.78 is 31.9. The molecule has 0 bridgehead atoms. The van der Waals surface area contributed by atoms with E-state index < -0.39 is 16.1 Å². The highest BCUT2D eigenvalue weighted by atomic mass is 32.2. The van der Waals surface area contributed by atoms with Gasteiger partial charge in [-0.3, -0.25) is 9.10 Å². The van der Waals surface area contributed by atoms with Crippen molar-refractivity contribution >= 4 is 21.6 Å². The van der Waals surface area contributed by atoms with Gasteiger partial charge in [-0.05, 0) is 69.5 Å². The molecule has 2 rings (SSSR count). The SMILES string of the molecule is CCOc1ccc(N([C@H](CC)C(=O)N[C@@H](C)c2cc(C)ccc2C)S(C)(=O)=O)cc1. The maximum atomic E-state index is 13.1. The number of benzene rings is 2. The summed E-state index contributed by atoms with van der Waals surface area (Å²) in [6, 6.07) is 11.7. The number of hydrogen-bond donors (Lipinski definition) is 1. The van der Waals surface area contributed by atoms with E-state index in [0.717, 1.165) is 22.9 Å². The summed E-state index contributed by atoms with van der Waals surface area (Å²) in [6.45, 7) is 10.1. The van der Waals surface area contributed by atoms with Crippen molar-refractivity contribution in [3.63, 3.8) is 0 Å². The van der Waals surface area contributed by atoms with Crippen LogP contribution in [0.1, 0.15) is 49.9 Å². The lowest BCUT2D eigenvalue weighted by atomic mass is 9.99. The molecule has 0 saturated heterocycles. The number of rotatable bonds is 9. The van der Waals surface area contributed by atoms with E-state index in [1.807, 2.05) is 45.9 Å². The van der Waals surface area contributed by atoms with Crippen LogP contribution in [0.2, 0.25) is 0 Å². The highest BCUT2D eigenvalue weighted by Crippen LogP contribution is 2.26. The van der Waals surface area contributed by atoms with Crippen molar-refractivity contribution in [3.05, 3.63) is 59.2 Å². The van der Waals surface area contributed by atoms with Gasteiger partial charge in [-0.1, -0.05) is 30.7 Å². The quantitative estimate of drug-likeness (QED) is 0.647. The van der Waals surface area contributed by atoms with E-state index in [1.54, 1.807) is 31.2 Å². The minimum Gasteiger partial charge on any atom is -0.494 e. The number of aryl methyl sites for hydroxylation is 2. The van der Waals surface area contributed by atoms with Crippen molar-refractivity contribution in [2.75, 3.05) is 17.2 Å². The molecule has 6 nitrogen and oxygen atoms in total. The first-order valence-electron chi connectivity index (χ1n) is 10.2. The Bertz CT molecular complexity index is 971. The van der Waals surface area contributed by atoms with E-state index in [-0.39, 0.29) is 11.9 Å². The largest absolute Gasteiger partial charge is 0.494 e. The van der Waals surface area contributed by atoms with Crippen molar-refractivity contribution in [2.24, 2.45) is 0 Å². The minimum absolute atomic E-state index is 0.242. The third-order valence-corrected chi connectivity index (χ3v) is 6.17. The lowest BCUT2D eigenvalue weighted by molar-refractivity contribution is -0.122. The lowest BCUT2D eigenvalue weighted by Gasteiger charge is -2.31. The molecule has 0 aromatic heterocycles. The number of carbonyl (C=O) groups excluding carboxylic acids is 1. The van der Waals surface area contributed by atoms with Crippen LogP contribution in [0.15, 0.2) is 42.5 Å². The van der Waals surface area contributed by atoms with Crippen LogP contribution < -0.4 is 14.4 Å². The molecule has 2 aromatic rings. The second kappa shape index (κ2) is 9.98. The summed E-state index contributed by atoms with van der Waals surface area (Å²) >= 11 is 0. The standard InChI is InChI=1S/C23H32N2O4S/c1-7-22(23(26)24-18(5)21-15-16(3)9-10-17(21)4)25(30(6,27)28)19-11-13-20(14-12-19)29-8-2/h9-15,18,22H,7-8H2,1-6H3,(H,24,26)/t18-,22+/m0/s1. The van der Waals surface area contributed by atoms with Crippen LogP contribution in [0, 0.1) is 13.8 Å². The van der Waals surface area contributed by atoms with Gasteiger partial charge in [0.1, 0.15) is 11.8 Å². The molecule has 1 N–H and O–H groups in total. The van der Waals surface area contributed by atoms with Gasteiger partial charge in [0.2, 0.25) is 15.9 Å². The minimum atomic E-state index is -3.68. The second-order valence-corrected chi connectivity index (χ2v) is 9.36. The van der Waals surface area contributed by atoms with E-state index in [4.69, 9.17) is 4.74 Å². The maximum Gasteiger partial charge on any atom is 0.244 e. The summed E-state index contributed by atoms with van der Waals surface area (Å²) in [7, 11) is -3.68. The molecule has 2 atom stereocenters. The highest BCUT2D eigenvalue weighted by Gasteiger charge is 2.32. The van der Waals surface area contributed by atoms with Gasteiger partial charge in [-0.15, -0.1) is 0 Å². The third-order valence-electron chi connectivity index (χ3n) is 4.99. The molecule has 0 heterocycles.